The Morgan fingerprint density at radius 2 is 1.74 bits per heavy atom. The van der Waals surface area contributed by atoms with Crippen molar-refractivity contribution in [2.45, 2.75) is 32.0 Å². The molecular weight excluding hydrogens is 349 g/mol. The maximum absolute atomic E-state index is 12.9. The predicted octanol–water partition coefficient (Wildman–Crippen LogP) is 2.34. The first-order chi connectivity index (χ1) is 13.0. The molecule has 0 saturated carbocycles. The molecule has 0 radical (unpaired) electrons. The van der Waals surface area contributed by atoms with E-state index in [-0.39, 0.29) is 43.6 Å². The van der Waals surface area contributed by atoms with E-state index >= 15 is 0 Å². The number of hydrogen-bond donors (Lipinski definition) is 2. The highest BCUT2D eigenvalue weighted by atomic mass is 19.1. The average molecular weight is 369 g/mol. The molecule has 0 aliphatic carbocycles. The molecule has 7 heteroatoms. The molecule has 27 heavy (non-hydrogen) atoms. The van der Waals surface area contributed by atoms with Gasteiger partial charge in [-0.15, -0.1) is 0 Å². The summed E-state index contributed by atoms with van der Waals surface area (Å²) in [6, 6.07) is 13.9. The molecule has 0 bridgehead atoms. The number of nitrogens with one attached hydrogen (secondary N) is 2. The van der Waals surface area contributed by atoms with E-state index in [0.717, 1.165) is 16.0 Å². The molecule has 1 saturated heterocycles. The summed E-state index contributed by atoms with van der Waals surface area (Å²) < 4.78 is 12.9. The van der Waals surface area contributed by atoms with Crippen molar-refractivity contribution in [3.05, 3.63) is 71.5 Å². The molecule has 1 atom stereocenters. The molecule has 140 valence electrons. The Hall–Kier alpha value is -3.22. The van der Waals surface area contributed by atoms with Crippen molar-refractivity contribution >= 4 is 17.8 Å². The number of hydrogen-bond acceptors (Lipinski definition) is 3. The SMILES string of the molecule is O=C(CC[C@@H]1NC(=O)N(Cc2ccccc2)C1=O)NCc1ccc(F)cc1. The highest BCUT2D eigenvalue weighted by molar-refractivity contribution is 6.04. The monoisotopic (exact) mass is 369 g/mol. The summed E-state index contributed by atoms with van der Waals surface area (Å²) in [4.78, 5) is 37.6. The average Bonchev–Trinajstić information content (AvgIpc) is 2.94. The summed E-state index contributed by atoms with van der Waals surface area (Å²) in [6.45, 7) is 0.489. The van der Waals surface area contributed by atoms with Crippen LogP contribution in [0.15, 0.2) is 54.6 Å². The summed E-state index contributed by atoms with van der Waals surface area (Å²) in [5, 5.41) is 5.35. The van der Waals surface area contributed by atoms with Gasteiger partial charge in [-0.3, -0.25) is 14.5 Å². The topological polar surface area (TPSA) is 78.5 Å². The lowest BCUT2D eigenvalue weighted by molar-refractivity contribution is -0.128. The van der Waals surface area contributed by atoms with Crippen LogP contribution in [0, 0.1) is 5.82 Å². The Balaban J connectivity index is 1.46. The number of urea groups is 1. The first kappa shape index (κ1) is 18.6. The van der Waals surface area contributed by atoms with Gasteiger partial charge in [-0.05, 0) is 29.7 Å². The van der Waals surface area contributed by atoms with E-state index < -0.39 is 12.1 Å². The van der Waals surface area contributed by atoms with Crippen LogP contribution in [0.5, 0.6) is 0 Å². The Kier molecular flexibility index (Phi) is 5.80. The van der Waals surface area contributed by atoms with Gasteiger partial charge >= 0.3 is 6.03 Å². The molecule has 0 spiro atoms. The molecule has 2 aromatic rings. The largest absolute Gasteiger partial charge is 0.352 e. The number of nitrogens with zero attached hydrogens (tertiary/aromatic N) is 1. The third-order valence-electron chi connectivity index (χ3n) is 4.35. The van der Waals surface area contributed by atoms with Crippen LogP contribution in [-0.2, 0) is 22.7 Å². The fraction of sp³-hybridized carbons (Fsp3) is 0.250. The molecule has 1 heterocycles. The van der Waals surface area contributed by atoms with E-state index in [1.54, 1.807) is 12.1 Å². The Labute approximate surface area is 156 Å². The van der Waals surface area contributed by atoms with Gasteiger partial charge in [-0.25, -0.2) is 9.18 Å². The number of amides is 4. The normalized spacial score (nSPS) is 16.3. The molecule has 2 aromatic carbocycles. The zero-order chi connectivity index (χ0) is 19.2. The molecule has 1 aliphatic heterocycles. The van der Waals surface area contributed by atoms with Crippen molar-refractivity contribution in [1.29, 1.82) is 0 Å². The highest BCUT2D eigenvalue weighted by Gasteiger charge is 2.37. The lowest BCUT2D eigenvalue weighted by Gasteiger charge is -2.13. The van der Waals surface area contributed by atoms with Crippen LogP contribution in [0.4, 0.5) is 9.18 Å². The highest BCUT2D eigenvalue weighted by Crippen LogP contribution is 2.15. The number of carbonyl (C=O) groups is 3. The maximum Gasteiger partial charge on any atom is 0.325 e. The zero-order valence-electron chi connectivity index (χ0n) is 14.7. The minimum atomic E-state index is -0.696. The molecule has 4 amide bonds. The zero-order valence-corrected chi connectivity index (χ0v) is 14.7. The Bertz CT molecular complexity index is 824. The van der Waals surface area contributed by atoms with Gasteiger partial charge in [0.2, 0.25) is 5.91 Å². The van der Waals surface area contributed by atoms with Crippen LogP contribution in [-0.4, -0.2) is 28.8 Å². The van der Waals surface area contributed by atoms with Crippen molar-refractivity contribution in [1.82, 2.24) is 15.5 Å². The first-order valence-electron chi connectivity index (χ1n) is 8.70. The third-order valence-corrected chi connectivity index (χ3v) is 4.35. The third kappa shape index (κ3) is 4.91. The summed E-state index contributed by atoms with van der Waals surface area (Å²) in [7, 11) is 0. The second-order valence-corrected chi connectivity index (χ2v) is 6.35. The minimum Gasteiger partial charge on any atom is -0.352 e. The maximum atomic E-state index is 12.9. The van der Waals surface area contributed by atoms with Gasteiger partial charge < -0.3 is 10.6 Å². The number of carbonyl (C=O) groups excluding carboxylic acids is 3. The van der Waals surface area contributed by atoms with Gasteiger partial charge in [0.1, 0.15) is 11.9 Å². The Morgan fingerprint density at radius 1 is 1.04 bits per heavy atom. The fourth-order valence-electron chi connectivity index (χ4n) is 2.85. The number of halogens is 1. The van der Waals surface area contributed by atoms with Crippen molar-refractivity contribution in [2.75, 3.05) is 0 Å². The number of rotatable bonds is 7. The lowest BCUT2D eigenvalue weighted by atomic mass is 10.1. The summed E-state index contributed by atoms with van der Waals surface area (Å²) >= 11 is 0. The van der Waals surface area contributed by atoms with Crippen LogP contribution in [0.3, 0.4) is 0 Å². The molecule has 1 fully saturated rings. The van der Waals surface area contributed by atoms with Crippen molar-refractivity contribution in [3.63, 3.8) is 0 Å². The van der Waals surface area contributed by atoms with Crippen LogP contribution >= 0.6 is 0 Å². The van der Waals surface area contributed by atoms with Gasteiger partial charge in [0.25, 0.3) is 5.91 Å². The van der Waals surface area contributed by atoms with Crippen LogP contribution in [0.25, 0.3) is 0 Å². The van der Waals surface area contributed by atoms with E-state index in [1.165, 1.54) is 12.1 Å². The smallest absolute Gasteiger partial charge is 0.325 e. The number of benzene rings is 2. The molecule has 2 N–H and O–H groups in total. The van der Waals surface area contributed by atoms with Gasteiger partial charge in [0.15, 0.2) is 0 Å². The van der Waals surface area contributed by atoms with E-state index in [9.17, 15) is 18.8 Å². The molecule has 0 unspecified atom stereocenters. The summed E-state index contributed by atoms with van der Waals surface area (Å²) in [5.41, 5.74) is 1.64. The molecule has 1 aliphatic rings. The summed E-state index contributed by atoms with van der Waals surface area (Å²) in [5.74, 6) is -0.890. The van der Waals surface area contributed by atoms with Gasteiger partial charge in [0.05, 0.1) is 6.54 Å². The van der Waals surface area contributed by atoms with Crippen LogP contribution < -0.4 is 10.6 Å². The van der Waals surface area contributed by atoms with E-state index in [0.29, 0.717) is 0 Å². The van der Waals surface area contributed by atoms with Gasteiger partial charge in [-0.2, -0.15) is 0 Å². The van der Waals surface area contributed by atoms with E-state index in [4.69, 9.17) is 0 Å². The predicted molar refractivity (Wildman–Crippen MR) is 96.8 cm³/mol. The first-order valence-corrected chi connectivity index (χ1v) is 8.70. The quantitative estimate of drug-likeness (QED) is 0.736. The van der Waals surface area contributed by atoms with Crippen molar-refractivity contribution in [3.8, 4) is 0 Å². The molecular formula is C20H20FN3O3. The van der Waals surface area contributed by atoms with Gasteiger partial charge in [0, 0.05) is 13.0 Å². The fourth-order valence-corrected chi connectivity index (χ4v) is 2.85. The summed E-state index contributed by atoms with van der Waals surface area (Å²) in [6.07, 6.45) is 0.335. The van der Waals surface area contributed by atoms with Crippen LogP contribution in [0.2, 0.25) is 0 Å². The van der Waals surface area contributed by atoms with E-state index in [2.05, 4.69) is 10.6 Å². The van der Waals surface area contributed by atoms with E-state index in [1.807, 2.05) is 30.3 Å². The van der Waals surface area contributed by atoms with Crippen molar-refractivity contribution in [2.24, 2.45) is 0 Å². The van der Waals surface area contributed by atoms with Crippen molar-refractivity contribution < 1.29 is 18.8 Å². The number of imide groups is 1. The lowest BCUT2D eigenvalue weighted by Crippen LogP contribution is -2.32. The molecule has 6 nitrogen and oxygen atoms in total. The van der Waals surface area contributed by atoms with Crippen LogP contribution in [0.1, 0.15) is 24.0 Å². The molecule has 0 aromatic heterocycles. The minimum absolute atomic E-state index is 0.108. The Morgan fingerprint density at radius 3 is 2.44 bits per heavy atom. The molecule has 3 rings (SSSR count). The standard InChI is InChI=1S/C20H20FN3O3/c21-16-8-6-14(7-9-16)12-22-18(25)11-10-17-19(26)24(20(27)23-17)13-15-4-2-1-3-5-15/h1-9,17H,10-13H2,(H,22,25)(H,23,27)/t17-/m0/s1. The van der Waals surface area contributed by atoms with Gasteiger partial charge in [-0.1, -0.05) is 42.5 Å². The second kappa shape index (κ2) is 8.44. The second-order valence-electron chi connectivity index (χ2n) is 6.35.